The highest BCUT2D eigenvalue weighted by molar-refractivity contribution is 5.91. The Morgan fingerprint density at radius 3 is 2.09 bits per heavy atom. The van der Waals surface area contributed by atoms with Crippen LogP contribution in [0.3, 0.4) is 0 Å². The van der Waals surface area contributed by atoms with Crippen LogP contribution >= 0.6 is 0 Å². The predicted molar refractivity (Wildman–Crippen MR) is 123 cm³/mol. The topological polar surface area (TPSA) is 112 Å². The molecular weight excluding hydrogens is 420 g/mol. The molecule has 0 saturated carbocycles. The molecule has 0 spiro atoms. The monoisotopic (exact) mass is 440 g/mol. The van der Waals surface area contributed by atoms with Gasteiger partial charge in [-0.1, -0.05) is 72.8 Å². The van der Waals surface area contributed by atoms with Crippen LogP contribution in [0.5, 0.6) is 0 Å². The van der Waals surface area contributed by atoms with E-state index in [4.69, 9.17) is 9.52 Å². The van der Waals surface area contributed by atoms with E-state index in [9.17, 15) is 14.7 Å². The summed E-state index contributed by atoms with van der Waals surface area (Å²) in [5.74, 6) is -0.959. The molecular formula is C26H20N2O5. The Labute approximate surface area is 189 Å². The maximum absolute atomic E-state index is 13.0. The van der Waals surface area contributed by atoms with Gasteiger partial charge in [0.15, 0.2) is 5.60 Å². The van der Waals surface area contributed by atoms with Gasteiger partial charge in [0.2, 0.25) is 0 Å². The molecule has 0 saturated heterocycles. The predicted octanol–water partition coefficient (Wildman–Crippen LogP) is 4.03. The van der Waals surface area contributed by atoms with Crippen molar-refractivity contribution in [2.45, 2.75) is 5.60 Å². The van der Waals surface area contributed by atoms with Gasteiger partial charge in [0.25, 0.3) is 5.91 Å². The Morgan fingerprint density at radius 1 is 0.848 bits per heavy atom. The van der Waals surface area contributed by atoms with Crippen LogP contribution in [0.2, 0.25) is 0 Å². The van der Waals surface area contributed by atoms with Gasteiger partial charge in [-0.05, 0) is 35.4 Å². The van der Waals surface area contributed by atoms with Crippen LogP contribution in [0.15, 0.2) is 107 Å². The Balaban J connectivity index is 1.54. The van der Waals surface area contributed by atoms with E-state index in [2.05, 4.69) is 10.5 Å². The summed E-state index contributed by atoms with van der Waals surface area (Å²) in [7, 11) is 0. The molecule has 7 heteroatoms. The summed E-state index contributed by atoms with van der Waals surface area (Å²) in [4.78, 5) is 24.2. The van der Waals surface area contributed by atoms with E-state index in [1.807, 2.05) is 0 Å². The van der Waals surface area contributed by atoms with Crippen molar-refractivity contribution in [3.63, 3.8) is 0 Å². The fourth-order valence-electron chi connectivity index (χ4n) is 3.41. The number of carbonyl (C=O) groups excluding carboxylic acids is 1. The second kappa shape index (κ2) is 9.33. The number of hydrazone groups is 1. The van der Waals surface area contributed by atoms with Crippen molar-refractivity contribution in [1.29, 1.82) is 0 Å². The average Bonchev–Trinajstić information content (AvgIpc) is 3.33. The second-order valence-corrected chi connectivity index (χ2v) is 7.23. The van der Waals surface area contributed by atoms with Gasteiger partial charge in [0.05, 0.1) is 11.8 Å². The second-order valence-electron chi connectivity index (χ2n) is 7.23. The quantitative estimate of drug-likeness (QED) is 0.297. The highest BCUT2D eigenvalue weighted by Gasteiger charge is 2.39. The molecule has 1 amide bonds. The van der Waals surface area contributed by atoms with Gasteiger partial charge in [-0.3, -0.25) is 4.79 Å². The van der Waals surface area contributed by atoms with Crippen LogP contribution < -0.4 is 5.43 Å². The number of furan rings is 1. The normalized spacial score (nSPS) is 11.4. The number of carbonyl (C=O) groups is 2. The molecule has 4 rings (SSSR count). The molecule has 164 valence electrons. The van der Waals surface area contributed by atoms with E-state index < -0.39 is 17.5 Å². The highest BCUT2D eigenvalue weighted by Crippen LogP contribution is 2.30. The molecule has 33 heavy (non-hydrogen) atoms. The first kappa shape index (κ1) is 21.7. The summed E-state index contributed by atoms with van der Waals surface area (Å²) in [6.07, 6.45) is 1.30. The number of nitrogens with zero attached hydrogens (tertiary/aromatic N) is 1. The average molecular weight is 440 g/mol. The molecule has 0 fully saturated rings. The van der Waals surface area contributed by atoms with E-state index in [0.717, 1.165) is 0 Å². The van der Waals surface area contributed by atoms with Crippen LogP contribution in [0.4, 0.5) is 0 Å². The molecule has 0 aliphatic rings. The van der Waals surface area contributed by atoms with Gasteiger partial charge in [-0.25, -0.2) is 10.2 Å². The zero-order valence-corrected chi connectivity index (χ0v) is 17.4. The number of carboxylic acids is 1. The van der Waals surface area contributed by atoms with Gasteiger partial charge in [0, 0.05) is 5.56 Å². The number of hydrogen-bond donors (Lipinski definition) is 3. The van der Waals surface area contributed by atoms with Gasteiger partial charge in [0.1, 0.15) is 11.5 Å². The van der Waals surface area contributed by atoms with Crippen molar-refractivity contribution in [2.24, 2.45) is 5.10 Å². The lowest BCUT2D eigenvalue weighted by atomic mass is 9.85. The number of hydrogen-bond acceptors (Lipinski definition) is 5. The third-order valence-corrected chi connectivity index (χ3v) is 5.09. The summed E-state index contributed by atoms with van der Waals surface area (Å²) < 4.78 is 5.69. The SMILES string of the molecule is O=C(O)c1cccc(-c2ccc(/C=N\NC(=O)C(O)(c3ccccc3)c3ccccc3)o2)c1. The summed E-state index contributed by atoms with van der Waals surface area (Å²) in [6, 6.07) is 26.9. The summed E-state index contributed by atoms with van der Waals surface area (Å²) in [5, 5.41) is 24.5. The van der Waals surface area contributed by atoms with Gasteiger partial charge in [-0.15, -0.1) is 0 Å². The first-order valence-electron chi connectivity index (χ1n) is 10.1. The highest BCUT2D eigenvalue weighted by atomic mass is 16.4. The molecule has 1 heterocycles. The van der Waals surface area contributed by atoms with Gasteiger partial charge < -0.3 is 14.6 Å². The third kappa shape index (κ3) is 4.58. The molecule has 0 unspecified atom stereocenters. The summed E-state index contributed by atoms with van der Waals surface area (Å²) in [5.41, 5.74) is 2.00. The van der Waals surface area contributed by atoms with Crippen molar-refractivity contribution >= 4 is 18.1 Å². The summed E-state index contributed by atoms with van der Waals surface area (Å²) in [6.45, 7) is 0. The van der Waals surface area contributed by atoms with E-state index in [0.29, 0.717) is 28.2 Å². The molecule has 0 bridgehead atoms. The van der Waals surface area contributed by atoms with Gasteiger partial charge >= 0.3 is 5.97 Å². The molecule has 0 aliphatic heterocycles. The molecule has 0 radical (unpaired) electrons. The Hall–Kier alpha value is -4.49. The number of aromatic carboxylic acids is 1. The fourth-order valence-corrected chi connectivity index (χ4v) is 3.41. The molecule has 3 aromatic carbocycles. The summed E-state index contributed by atoms with van der Waals surface area (Å²) >= 11 is 0. The number of carboxylic acid groups (broad SMARTS) is 1. The standard InChI is InChI=1S/C26H20N2O5/c29-24(30)19-9-7-8-18(16-19)23-15-14-22(33-23)17-27-28-25(31)26(32,20-10-3-1-4-11-20)21-12-5-2-6-13-21/h1-17,32H,(H,28,31)(H,29,30)/b27-17-. The van der Waals surface area contributed by atoms with E-state index >= 15 is 0 Å². The fraction of sp³-hybridized carbons (Fsp3) is 0.0385. The minimum Gasteiger partial charge on any atom is -0.478 e. The lowest BCUT2D eigenvalue weighted by molar-refractivity contribution is -0.136. The zero-order valence-electron chi connectivity index (χ0n) is 17.4. The smallest absolute Gasteiger partial charge is 0.335 e. The Morgan fingerprint density at radius 2 is 1.48 bits per heavy atom. The van der Waals surface area contributed by atoms with Crippen molar-refractivity contribution < 1.29 is 24.2 Å². The van der Waals surface area contributed by atoms with Crippen molar-refractivity contribution in [2.75, 3.05) is 0 Å². The van der Waals surface area contributed by atoms with Crippen molar-refractivity contribution in [1.82, 2.24) is 5.43 Å². The van der Waals surface area contributed by atoms with Crippen molar-refractivity contribution in [3.8, 4) is 11.3 Å². The molecule has 1 aromatic heterocycles. The maximum Gasteiger partial charge on any atom is 0.335 e. The molecule has 0 atom stereocenters. The largest absolute Gasteiger partial charge is 0.478 e. The molecule has 3 N–H and O–H groups in total. The van der Waals surface area contributed by atoms with E-state index in [1.54, 1.807) is 84.9 Å². The third-order valence-electron chi connectivity index (χ3n) is 5.09. The maximum atomic E-state index is 13.0. The molecule has 7 nitrogen and oxygen atoms in total. The zero-order chi connectivity index (χ0) is 23.3. The van der Waals surface area contributed by atoms with Crippen molar-refractivity contribution in [3.05, 3.63) is 120 Å². The van der Waals surface area contributed by atoms with Crippen LogP contribution in [0, 0.1) is 0 Å². The number of rotatable bonds is 7. The number of amides is 1. The number of nitrogens with one attached hydrogen (secondary N) is 1. The lowest BCUT2D eigenvalue weighted by Gasteiger charge is -2.26. The van der Waals surface area contributed by atoms with Crippen LogP contribution in [0.25, 0.3) is 11.3 Å². The Kier molecular flexibility index (Phi) is 6.15. The van der Waals surface area contributed by atoms with E-state index in [1.165, 1.54) is 18.3 Å². The first-order chi connectivity index (χ1) is 16.0. The van der Waals surface area contributed by atoms with Crippen LogP contribution in [-0.2, 0) is 10.4 Å². The van der Waals surface area contributed by atoms with Gasteiger partial charge in [-0.2, -0.15) is 5.10 Å². The first-order valence-corrected chi connectivity index (χ1v) is 10.1. The molecule has 0 aliphatic carbocycles. The minimum atomic E-state index is -1.94. The minimum absolute atomic E-state index is 0.146. The van der Waals surface area contributed by atoms with E-state index in [-0.39, 0.29) is 5.56 Å². The Bertz CT molecular complexity index is 1260. The van der Waals surface area contributed by atoms with Crippen LogP contribution in [0.1, 0.15) is 27.2 Å². The number of benzene rings is 3. The molecule has 4 aromatic rings. The van der Waals surface area contributed by atoms with Crippen LogP contribution in [-0.4, -0.2) is 28.3 Å². The number of aliphatic hydroxyl groups is 1. The lowest BCUT2D eigenvalue weighted by Crippen LogP contribution is -2.43.